The molecule has 0 amide bonds. The van der Waals surface area contributed by atoms with Crippen LogP contribution < -0.4 is 38.5 Å². The number of hydrogen-bond donors (Lipinski definition) is 1. The van der Waals surface area contributed by atoms with E-state index in [0.717, 1.165) is 24.3 Å². The predicted octanol–water partition coefficient (Wildman–Crippen LogP) is 2.88. The fourth-order valence-corrected chi connectivity index (χ4v) is 7.81. The van der Waals surface area contributed by atoms with E-state index in [2.05, 4.69) is 6.58 Å². The largest absolute Gasteiger partial charge is 1.00 e. The SMILES string of the molecule is C=CC1C[N+]2(Cc3cc(C(F)(F)F)cc(C(F)(F)F)c3)CCC1CC2[C@H](O)c1cc[n+](Cc2cccc(C(F)(F)F)c2)c2ccccc12.[Br-].[Br-]. The summed E-state index contributed by atoms with van der Waals surface area (Å²) in [6, 6.07) is 14.9. The summed E-state index contributed by atoms with van der Waals surface area (Å²) in [6.07, 6.45) is -11.0. The summed E-state index contributed by atoms with van der Waals surface area (Å²) in [5.41, 5.74) is -2.06. The van der Waals surface area contributed by atoms with Gasteiger partial charge in [0.25, 0.3) is 0 Å². The molecule has 0 saturated carbocycles. The monoisotopic (exact) mass is 838 g/mol. The van der Waals surface area contributed by atoms with Crippen molar-refractivity contribution in [2.45, 2.75) is 56.6 Å². The van der Waals surface area contributed by atoms with Crippen LogP contribution in [0.15, 0.2) is 91.6 Å². The first-order chi connectivity index (χ1) is 22.5. The summed E-state index contributed by atoms with van der Waals surface area (Å²) in [6.45, 7) is 4.75. The fourth-order valence-electron chi connectivity index (χ4n) is 7.81. The first-order valence-electron chi connectivity index (χ1n) is 15.5. The average Bonchev–Trinajstić information content (AvgIpc) is 3.03. The van der Waals surface area contributed by atoms with E-state index in [0.29, 0.717) is 48.0 Å². The van der Waals surface area contributed by atoms with Crippen LogP contribution in [0.2, 0.25) is 0 Å². The summed E-state index contributed by atoms with van der Waals surface area (Å²) in [7, 11) is 0. The maximum Gasteiger partial charge on any atom is 0.416 e. The molecule has 3 aliphatic heterocycles. The number of fused-ring (bicyclic) bond motifs is 4. The minimum Gasteiger partial charge on any atom is -1.00 e. The number of quaternary nitrogens is 1. The summed E-state index contributed by atoms with van der Waals surface area (Å²) in [4.78, 5) is 0. The Balaban J connectivity index is 0.00000281. The molecule has 2 bridgehead atoms. The molecule has 3 fully saturated rings. The van der Waals surface area contributed by atoms with E-state index in [1.54, 1.807) is 53.2 Å². The molecule has 5 atom stereocenters. The number of hydrogen-bond acceptors (Lipinski definition) is 1. The second kappa shape index (κ2) is 14.6. The van der Waals surface area contributed by atoms with Crippen molar-refractivity contribution in [2.75, 3.05) is 13.1 Å². The van der Waals surface area contributed by atoms with Crippen molar-refractivity contribution in [2.24, 2.45) is 11.8 Å². The van der Waals surface area contributed by atoms with Crippen LogP contribution in [-0.4, -0.2) is 28.7 Å². The molecule has 0 radical (unpaired) electrons. The third kappa shape index (κ3) is 7.93. The Morgan fingerprint density at radius 2 is 1.42 bits per heavy atom. The summed E-state index contributed by atoms with van der Waals surface area (Å²) < 4.78 is 124. The number of rotatable bonds is 7. The summed E-state index contributed by atoms with van der Waals surface area (Å²) in [5.74, 6) is 0.104. The highest BCUT2D eigenvalue weighted by Crippen LogP contribution is 2.48. The van der Waals surface area contributed by atoms with Crippen LogP contribution in [0.3, 0.4) is 0 Å². The Morgan fingerprint density at radius 3 is 2.04 bits per heavy atom. The van der Waals surface area contributed by atoms with E-state index in [1.165, 1.54) is 6.07 Å². The number of pyridine rings is 1. The summed E-state index contributed by atoms with van der Waals surface area (Å²) in [5, 5.41) is 12.7. The average molecular weight is 840 g/mol. The van der Waals surface area contributed by atoms with Gasteiger partial charge in [0, 0.05) is 47.6 Å². The molecule has 4 heterocycles. The van der Waals surface area contributed by atoms with Gasteiger partial charge < -0.3 is 43.6 Å². The Bertz CT molecular complexity index is 1810. The second-order valence-corrected chi connectivity index (χ2v) is 13.0. The molecule has 3 aliphatic rings. The van der Waals surface area contributed by atoms with Crippen molar-refractivity contribution in [3.63, 3.8) is 0 Å². The van der Waals surface area contributed by atoms with Crippen LogP contribution in [0, 0.1) is 11.8 Å². The number of piperidine rings is 3. The van der Waals surface area contributed by atoms with Crippen LogP contribution in [0.5, 0.6) is 0 Å². The molecule has 50 heavy (non-hydrogen) atoms. The molecular weight excluding hydrogens is 807 g/mol. The van der Waals surface area contributed by atoms with Crippen molar-refractivity contribution >= 4 is 10.9 Å². The van der Waals surface area contributed by atoms with E-state index in [9.17, 15) is 44.6 Å². The highest BCUT2D eigenvalue weighted by atomic mass is 79.9. The van der Waals surface area contributed by atoms with Crippen molar-refractivity contribution < 1.29 is 87.6 Å². The first-order valence-corrected chi connectivity index (χ1v) is 15.5. The van der Waals surface area contributed by atoms with Gasteiger partial charge >= 0.3 is 18.5 Å². The lowest BCUT2D eigenvalue weighted by atomic mass is 9.71. The Labute approximate surface area is 304 Å². The van der Waals surface area contributed by atoms with Crippen LogP contribution in [-0.2, 0) is 31.6 Å². The third-order valence-electron chi connectivity index (χ3n) is 10.1. The van der Waals surface area contributed by atoms with Crippen molar-refractivity contribution in [1.82, 2.24) is 0 Å². The molecule has 1 N–H and O–H groups in total. The molecule has 1 aromatic heterocycles. The van der Waals surface area contributed by atoms with Gasteiger partial charge in [-0.25, -0.2) is 0 Å². The fraction of sp³-hybridized carbons (Fsp3) is 0.361. The molecule has 3 nitrogen and oxygen atoms in total. The van der Waals surface area contributed by atoms with Gasteiger partial charge in [0.05, 0.1) is 35.2 Å². The van der Waals surface area contributed by atoms with Gasteiger partial charge in [-0.15, -0.1) is 6.58 Å². The van der Waals surface area contributed by atoms with E-state index in [1.807, 2.05) is 0 Å². The van der Waals surface area contributed by atoms with E-state index >= 15 is 0 Å². The van der Waals surface area contributed by atoms with Gasteiger partial charge in [-0.2, -0.15) is 44.1 Å². The van der Waals surface area contributed by atoms with Gasteiger partial charge in [0.1, 0.15) is 18.7 Å². The second-order valence-electron chi connectivity index (χ2n) is 13.0. The minimum absolute atomic E-state index is 0. The van der Waals surface area contributed by atoms with E-state index in [-0.39, 0.29) is 75.0 Å². The number of benzene rings is 3. The topological polar surface area (TPSA) is 24.1 Å². The predicted molar refractivity (Wildman–Crippen MR) is 160 cm³/mol. The quantitative estimate of drug-likeness (QED) is 0.132. The lowest BCUT2D eigenvalue weighted by Gasteiger charge is -2.58. The lowest BCUT2D eigenvalue weighted by molar-refractivity contribution is -0.985. The number of para-hydroxylation sites is 1. The number of halogens is 11. The molecule has 14 heteroatoms. The number of nitrogens with zero attached hydrogens (tertiary/aromatic N) is 2. The Morgan fingerprint density at radius 1 is 0.800 bits per heavy atom. The highest BCUT2D eigenvalue weighted by molar-refractivity contribution is 5.79. The van der Waals surface area contributed by atoms with Crippen molar-refractivity contribution in [1.29, 1.82) is 0 Å². The maximum atomic E-state index is 13.8. The smallest absolute Gasteiger partial charge is 0.416 e. The van der Waals surface area contributed by atoms with Gasteiger partial charge in [0.15, 0.2) is 12.7 Å². The van der Waals surface area contributed by atoms with Gasteiger partial charge in [-0.3, -0.25) is 0 Å². The van der Waals surface area contributed by atoms with Gasteiger partial charge in [-0.05, 0) is 42.3 Å². The third-order valence-corrected chi connectivity index (χ3v) is 10.1. The number of alkyl halides is 9. The molecule has 7 rings (SSSR count). The number of aromatic nitrogens is 1. The van der Waals surface area contributed by atoms with Crippen LogP contribution in [0.1, 0.15) is 52.3 Å². The number of aliphatic hydroxyl groups is 1. The van der Waals surface area contributed by atoms with E-state index < -0.39 is 47.4 Å². The summed E-state index contributed by atoms with van der Waals surface area (Å²) >= 11 is 0. The Hall–Kier alpha value is -2.94. The zero-order valence-electron chi connectivity index (χ0n) is 26.3. The molecule has 3 aromatic carbocycles. The zero-order valence-corrected chi connectivity index (χ0v) is 29.5. The first kappa shape index (κ1) is 39.8. The molecule has 0 spiro atoms. The Kier molecular flexibility index (Phi) is 11.6. The van der Waals surface area contributed by atoms with Crippen LogP contribution in [0.25, 0.3) is 10.9 Å². The van der Waals surface area contributed by atoms with Crippen molar-refractivity contribution in [3.8, 4) is 0 Å². The molecule has 3 saturated heterocycles. The standard InChI is InChI=1S/C36H33F9N2O.2BrH/c1-2-24-21-47(20-23-15-27(35(40,41)42)18-28(16-23)36(43,44)45)13-11-25(24)17-32(47)33(48)30-10-12-46(31-9-4-3-8-29(30)31)19-22-6-5-7-26(14-22)34(37,38)39;;/h2-10,12,14-16,18,24-25,32-33,48H,1,11,13,17,19-21H2;2*1H/q+2;;/p-2/t24?,25?,32?,33-,47?;;/m1../s1. The molecule has 0 aliphatic carbocycles. The molecular formula is C36H33Br2F9N2O. The van der Waals surface area contributed by atoms with Crippen LogP contribution in [0.4, 0.5) is 39.5 Å². The van der Waals surface area contributed by atoms with Gasteiger partial charge in [-0.1, -0.05) is 30.3 Å². The molecule has 4 aromatic rings. The maximum absolute atomic E-state index is 13.8. The zero-order chi connectivity index (χ0) is 34.6. The minimum atomic E-state index is -4.99. The van der Waals surface area contributed by atoms with E-state index in [4.69, 9.17) is 0 Å². The molecule has 4 unspecified atom stereocenters. The highest BCUT2D eigenvalue weighted by Gasteiger charge is 2.54. The van der Waals surface area contributed by atoms with Crippen molar-refractivity contribution in [3.05, 3.63) is 125 Å². The molecule has 270 valence electrons. The van der Waals surface area contributed by atoms with Crippen LogP contribution >= 0.6 is 0 Å². The number of aliphatic hydroxyl groups excluding tert-OH is 1. The lowest BCUT2D eigenvalue weighted by Crippen LogP contribution is -3.00. The van der Waals surface area contributed by atoms with Gasteiger partial charge in [0.2, 0.25) is 5.52 Å². The normalized spacial score (nSPS) is 22.8.